The first-order valence-corrected chi connectivity index (χ1v) is 9.15. The maximum Gasteiger partial charge on any atom is 0.178 e. The van der Waals surface area contributed by atoms with Crippen LogP contribution in [0.2, 0.25) is 0 Å². The molecule has 4 nitrogen and oxygen atoms in total. The van der Waals surface area contributed by atoms with Gasteiger partial charge in [-0.3, -0.25) is 0 Å². The van der Waals surface area contributed by atoms with E-state index in [9.17, 15) is 8.42 Å². The van der Waals surface area contributed by atoms with Crippen LogP contribution in [0.3, 0.4) is 0 Å². The highest BCUT2D eigenvalue weighted by Crippen LogP contribution is 2.16. The summed E-state index contributed by atoms with van der Waals surface area (Å²) in [5, 5.41) is 5.29. The van der Waals surface area contributed by atoms with Gasteiger partial charge in [-0.1, -0.05) is 6.92 Å². The Hall–Kier alpha value is -1.40. The molecule has 0 radical (unpaired) electrons. The van der Waals surface area contributed by atoms with Crippen LogP contribution in [-0.4, -0.2) is 25.7 Å². The molecular weight excluding hydrogens is 292 g/mol. The van der Waals surface area contributed by atoms with E-state index in [0.717, 1.165) is 24.3 Å². The fraction of sp³-hybridized carbons (Fsp3) is 0.357. The van der Waals surface area contributed by atoms with Crippen molar-refractivity contribution in [2.75, 3.05) is 17.6 Å². The second-order valence-electron chi connectivity index (χ2n) is 4.50. The van der Waals surface area contributed by atoms with Gasteiger partial charge in [0, 0.05) is 24.0 Å². The normalized spacial score (nSPS) is 11.4. The van der Waals surface area contributed by atoms with E-state index in [1.165, 1.54) is 0 Å². The summed E-state index contributed by atoms with van der Waals surface area (Å²) < 4.78 is 23.8. The number of rotatable bonds is 7. The van der Waals surface area contributed by atoms with Crippen molar-refractivity contribution >= 4 is 26.9 Å². The van der Waals surface area contributed by atoms with Crippen molar-refractivity contribution in [3.63, 3.8) is 0 Å². The van der Waals surface area contributed by atoms with Crippen LogP contribution in [0.15, 0.2) is 40.1 Å². The Labute approximate surface area is 123 Å². The fourth-order valence-corrected chi connectivity index (χ4v) is 3.78. The molecule has 1 aromatic carbocycles. The first-order chi connectivity index (χ1) is 9.62. The van der Waals surface area contributed by atoms with Gasteiger partial charge in [-0.05, 0) is 30.7 Å². The van der Waals surface area contributed by atoms with E-state index < -0.39 is 9.84 Å². The van der Waals surface area contributed by atoms with E-state index in [2.05, 4.69) is 10.3 Å². The van der Waals surface area contributed by atoms with Gasteiger partial charge in [0.05, 0.1) is 21.9 Å². The van der Waals surface area contributed by atoms with Crippen LogP contribution in [-0.2, 0) is 16.3 Å². The van der Waals surface area contributed by atoms with E-state index >= 15 is 0 Å². The van der Waals surface area contributed by atoms with E-state index in [1.807, 2.05) is 29.9 Å². The molecule has 2 rings (SSSR count). The Kier molecular flexibility index (Phi) is 5.14. The summed E-state index contributed by atoms with van der Waals surface area (Å²) >= 11 is 1.59. The molecule has 2 aromatic rings. The van der Waals surface area contributed by atoms with Crippen molar-refractivity contribution in [2.45, 2.75) is 24.7 Å². The summed E-state index contributed by atoms with van der Waals surface area (Å²) in [5.41, 5.74) is 3.82. The second-order valence-corrected chi connectivity index (χ2v) is 7.33. The minimum atomic E-state index is -3.12. The molecule has 0 saturated carbocycles. The third kappa shape index (κ3) is 4.05. The average Bonchev–Trinajstić information content (AvgIpc) is 2.92. The molecule has 0 bridgehead atoms. The van der Waals surface area contributed by atoms with Crippen LogP contribution in [0.25, 0.3) is 0 Å². The number of thiazole rings is 1. The Morgan fingerprint density at radius 3 is 2.60 bits per heavy atom. The molecule has 0 unspecified atom stereocenters. The summed E-state index contributed by atoms with van der Waals surface area (Å²) in [7, 11) is -3.12. The smallest absolute Gasteiger partial charge is 0.178 e. The highest BCUT2D eigenvalue weighted by Gasteiger charge is 2.12. The molecule has 0 aliphatic heterocycles. The Balaban J connectivity index is 1.91. The lowest BCUT2D eigenvalue weighted by atomic mass is 10.3. The first-order valence-electron chi connectivity index (χ1n) is 6.55. The van der Waals surface area contributed by atoms with Crippen molar-refractivity contribution in [3.05, 3.63) is 40.8 Å². The van der Waals surface area contributed by atoms with Crippen LogP contribution in [0.4, 0.5) is 5.69 Å². The van der Waals surface area contributed by atoms with E-state index in [-0.39, 0.29) is 5.75 Å². The molecule has 6 heteroatoms. The monoisotopic (exact) mass is 310 g/mol. The molecule has 108 valence electrons. The van der Waals surface area contributed by atoms with Crippen LogP contribution >= 0.6 is 11.3 Å². The summed E-state index contributed by atoms with van der Waals surface area (Å²) in [6, 6.07) is 6.94. The van der Waals surface area contributed by atoms with Gasteiger partial charge in [0.15, 0.2) is 9.84 Å². The minimum absolute atomic E-state index is 0.198. The number of nitrogens with zero attached hydrogens (tertiary/aromatic N) is 1. The zero-order chi connectivity index (χ0) is 14.4. The predicted octanol–water partition coefficient (Wildman–Crippen LogP) is 2.98. The quantitative estimate of drug-likeness (QED) is 0.854. The van der Waals surface area contributed by atoms with Gasteiger partial charge < -0.3 is 5.32 Å². The predicted molar refractivity (Wildman–Crippen MR) is 83.1 cm³/mol. The molecule has 1 aromatic heterocycles. The fourth-order valence-electron chi connectivity index (χ4n) is 1.86. The molecule has 0 spiro atoms. The van der Waals surface area contributed by atoms with Gasteiger partial charge >= 0.3 is 0 Å². The molecular formula is C14H18N2O2S2. The average molecular weight is 310 g/mol. The number of hydrogen-bond donors (Lipinski definition) is 1. The topological polar surface area (TPSA) is 59.1 Å². The maximum atomic E-state index is 11.9. The molecule has 1 heterocycles. The van der Waals surface area contributed by atoms with Crippen molar-refractivity contribution in [3.8, 4) is 0 Å². The van der Waals surface area contributed by atoms with E-state index in [1.54, 1.807) is 23.5 Å². The van der Waals surface area contributed by atoms with Crippen molar-refractivity contribution in [1.82, 2.24) is 4.98 Å². The Morgan fingerprint density at radius 1 is 1.25 bits per heavy atom. The SMILES string of the molecule is CCCS(=O)(=O)c1ccc(NCCc2cscn2)cc1. The van der Waals surface area contributed by atoms with E-state index in [4.69, 9.17) is 0 Å². The summed E-state index contributed by atoms with van der Waals surface area (Å²) in [6.45, 7) is 2.65. The molecule has 1 N–H and O–H groups in total. The van der Waals surface area contributed by atoms with Crippen molar-refractivity contribution in [1.29, 1.82) is 0 Å². The zero-order valence-corrected chi connectivity index (χ0v) is 13.0. The van der Waals surface area contributed by atoms with Gasteiger partial charge in [0.2, 0.25) is 0 Å². The molecule has 0 atom stereocenters. The van der Waals surface area contributed by atoms with Gasteiger partial charge in [0.1, 0.15) is 0 Å². The molecule has 0 aliphatic carbocycles. The van der Waals surface area contributed by atoms with Crippen LogP contribution in [0.1, 0.15) is 19.0 Å². The maximum absolute atomic E-state index is 11.9. The zero-order valence-electron chi connectivity index (χ0n) is 11.4. The summed E-state index contributed by atoms with van der Waals surface area (Å²) in [4.78, 5) is 4.61. The van der Waals surface area contributed by atoms with Gasteiger partial charge in [0.25, 0.3) is 0 Å². The first kappa shape index (κ1) is 15.0. The van der Waals surface area contributed by atoms with Crippen LogP contribution in [0, 0.1) is 0 Å². The molecule has 0 amide bonds. The summed E-state index contributed by atoms with van der Waals surface area (Å²) in [5.74, 6) is 0.198. The number of anilines is 1. The second kappa shape index (κ2) is 6.85. The molecule has 20 heavy (non-hydrogen) atoms. The van der Waals surface area contributed by atoms with Crippen molar-refractivity contribution in [2.24, 2.45) is 0 Å². The molecule has 0 saturated heterocycles. The van der Waals surface area contributed by atoms with Crippen molar-refractivity contribution < 1.29 is 8.42 Å². The minimum Gasteiger partial charge on any atom is -0.385 e. The number of benzene rings is 1. The van der Waals surface area contributed by atoms with E-state index in [0.29, 0.717) is 11.3 Å². The molecule has 0 fully saturated rings. The Morgan fingerprint density at radius 2 is 2.00 bits per heavy atom. The van der Waals surface area contributed by atoms with Crippen LogP contribution in [0.5, 0.6) is 0 Å². The lowest BCUT2D eigenvalue weighted by Crippen LogP contribution is -2.07. The largest absolute Gasteiger partial charge is 0.385 e. The number of nitrogens with one attached hydrogen (secondary N) is 1. The third-order valence-corrected chi connectivity index (χ3v) is 5.45. The lowest BCUT2D eigenvalue weighted by molar-refractivity contribution is 0.595. The Bertz CT molecular complexity index is 620. The van der Waals surface area contributed by atoms with Gasteiger partial charge in [-0.25, -0.2) is 13.4 Å². The van der Waals surface area contributed by atoms with Gasteiger partial charge in [-0.15, -0.1) is 11.3 Å². The third-order valence-electron chi connectivity index (χ3n) is 2.88. The van der Waals surface area contributed by atoms with Crippen LogP contribution < -0.4 is 5.32 Å². The van der Waals surface area contributed by atoms with Gasteiger partial charge in [-0.2, -0.15) is 0 Å². The highest BCUT2D eigenvalue weighted by atomic mass is 32.2. The lowest BCUT2D eigenvalue weighted by Gasteiger charge is -2.07. The standard InChI is InChI=1S/C14H18N2O2S2/c1-2-9-20(17,18)14-5-3-12(4-6-14)15-8-7-13-10-19-11-16-13/h3-6,10-11,15H,2,7-9H2,1H3. The number of sulfone groups is 1. The molecule has 0 aliphatic rings. The number of aromatic nitrogens is 1. The number of hydrogen-bond acceptors (Lipinski definition) is 5. The highest BCUT2D eigenvalue weighted by molar-refractivity contribution is 7.91. The summed E-state index contributed by atoms with van der Waals surface area (Å²) in [6.07, 6.45) is 1.50.